The molecule has 14 heteroatoms. The predicted octanol–water partition coefficient (Wildman–Crippen LogP) is 2.79. The summed E-state index contributed by atoms with van der Waals surface area (Å²) in [4.78, 5) is 38.6. The first-order valence-electron chi connectivity index (χ1n) is 7.32. The lowest BCUT2D eigenvalue weighted by molar-refractivity contribution is -0.137. The summed E-state index contributed by atoms with van der Waals surface area (Å²) < 4.78 is 38.1. The molecule has 150 valence electrons. The van der Waals surface area contributed by atoms with E-state index in [9.17, 15) is 27.6 Å². The molecule has 1 aromatic heterocycles. The summed E-state index contributed by atoms with van der Waals surface area (Å²) >= 11 is 6.91. The first-order chi connectivity index (χ1) is 13.1. The Morgan fingerprint density at radius 1 is 1.11 bits per heavy atom. The van der Waals surface area contributed by atoms with Crippen LogP contribution in [-0.2, 0) is 11.0 Å². The molecule has 0 aliphatic carbocycles. The number of carbonyl (C=O) groups excluding carboxylic acids is 3. The van der Waals surface area contributed by atoms with Crippen molar-refractivity contribution in [2.45, 2.75) is 6.18 Å². The van der Waals surface area contributed by atoms with Crippen molar-refractivity contribution in [3.05, 3.63) is 40.4 Å². The molecule has 0 aliphatic heterocycles. The second-order valence-corrected chi connectivity index (χ2v) is 6.27. The first kappa shape index (κ1) is 21.2. The van der Waals surface area contributed by atoms with Gasteiger partial charge in [0.05, 0.1) is 16.3 Å². The van der Waals surface area contributed by atoms with Crippen molar-refractivity contribution in [1.29, 1.82) is 0 Å². The number of thiazole rings is 1. The summed E-state index contributed by atoms with van der Waals surface area (Å²) in [6.45, 7) is -0.484. The van der Waals surface area contributed by atoms with Crippen molar-refractivity contribution in [3.63, 3.8) is 0 Å². The van der Waals surface area contributed by atoms with Crippen LogP contribution in [0.2, 0.25) is 5.02 Å². The molecule has 1 heterocycles. The molecule has 2 aromatic rings. The molecule has 0 aliphatic rings. The predicted molar refractivity (Wildman–Crippen MR) is 95.9 cm³/mol. The summed E-state index contributed by atoms with van der Waals surface area (Å²) in [6.07, 6.45) is -3.14. The average molecular weight is 437 g/mol. The number of hydrogen-bond acceptors (Lipinski definition) is 5. The van der Waals surface area contributed by atoms with Gasteiger partial charge < -0.3 is 10.6 Å². The maximum Gasteiger partial charge on any atom is 0.416 e. The van der Waals surface area contributed by atoms with Crippen LogP contribution >= 0.6 is 22.9 Å². The first-order valence-corrected chi connectivity index (χ1v) is 8.58. The number of nitrogens with zero attached hydrogens (tertiary/aromatic N) is 1. The van der Waals surface area contributed by atoms with E-state index >= 15 is 0 Å². The summed E-state index contributed by atoms with van der Waals surface area (Å²) in [7, 11) is 0. The number of nitrogens with one attached hydrogen (secondary N) is 5. The zero-order chi connectivity index (χ0) is 20.7. The van der Waals surface area contributed by atoms with Crippen LogP contribution in [0.4, 0.5) is 33.6 Å². The van der Waals surface area contributed by atoms with Crippen molar-refractivity contribution in [2.24, 2.45) is 0 Å². The van der Waals surface area contributed by atoms with Crippen LogP contribution in [0.1, 0.15) is 5.56 Å². The van der Waals surface area contributed by atoms with Gasteiger partial charge in [-0.15, -0.1) is 11.3 Å². The van der Waals surface area contributed by atoms with E-state index in [2.05, 4.69) is 20.9 Å². The zero-order valence-corrected chi connectivity index (χ0v) is 15.3. The summed E-state index contributed by atoms with van der Waals surface area (Å²) in [5, 5.41) is 8.49. The third-order valence-electron chi connectivity index (χ3n) is 2.92. The number of carbonyl (C=O) groups is 3. The van der Waals surface area contributed by atoms with Gasteiger partial charge in [0, 0.05) is 11.6 Å². The third kappa shape index (κ3) is 6.59. The van der Waals surface area contributed by atoms with E-state index in [1.165, 1.54) is 17.5 Å². The van der Waals surface area contributed by atoms with Crippen LogP contribution < -0.4 is 26.8 Å². The van der Waals surface area contributed by atoms with Gasteiger partial charge in [0.1, 0.15) is 6.54 Å². The molecule has 1 aromatic carbocycles. The number of hydrogen-bond donors (Lipinski definition) is 5. The number of alkyl halides is 3. The van der Waals surface area contributed by atoms with E-state index < -0.39 is 36.3 Å². The van der Waals surface area contributed by atoms with E-state index in [0.717, 1.165) is 12.1 Å². The minimum atomic E-state index is -4.61. The van der Waals surface area contributed by atoms with E-state index in [0.29, 0.717) is 11.2 Å². The van der Waals surface area contributed by atoms with Gasteiger partial charge in [-0.2, -0.15) is 13.2 Å². The van der Waals surface area contributed by atoms with Gasteiger partial charge in [-0.25, -0.2) is 20.0 Å². The van der Waals surface area contributed by atoms with Gasteiger partial charge in [-0.1, -0.05) is 11.6 Å². The molecule has 0 bridgehead atoms. The molecule has 28 heavy (non-hydrogen) atoms. The number of benzene rings is 1. The van der Waals surface area contributed by atoms with Gasteiger partial charge >= 0.3 is 18.2 Å². The lowest BCUT2D eigenvalue weighted by Crippen LogP contribution is -2.48. The van der Waals surface area contributed by atoms with Crippen molar-refractivity contribution >= 4 is 51.7 Å². The molecule has 0 spiro atoms. The smallest absolute Gasteiger partial charge is 0.329 e. The van der Waals surface area contributed by atoms with Crippen molar-refractivity contribution in [2.75, 3.05) is 17.2 Å². The fourth-order valence-electron chi connectivity index (χ4n) is 1.71. The standard InChI is InChI=1S/C14H12ClF3N6O3S/c15-8-2-1-7(14(16,17)18)5-9(8)21-12(27)24-23-10(25)6-20-11(26)22-13-19-3-4-28-13/h1-5H,6H2,(H,23,25)(H2,21,24,27)(H2,19,20,22,26). The molecule has 0 unspecified atom stereocenters. The monoisotopic (exact) mass is 436 g/mol. The molecule has 0 radical (unpaired) electrons. The van der Waals surface area contributed by atoms with Gasteiger partial charge in [-0.05, 0) is 18.2 Å². The highest BCUT2D eigenvalue weighted by molar-refractivity contribution is 7.13. The van der Waals surface area contributed by atoms with Gasteiger partial charge in [0.2, 0.25) is 0 Å². The molecule has 0 atom stereocenters. The molecule has 2 rings (SSSR count). The van der Waals surface area contributed by atoms with E-state index in [4.69, 9.17) is 11.6 Å². The molecular formula is C14H12ClF3N6O3S. The minimum Gasteiger partial charge on any atom is -0.329 e. The number of hydrazine groups is 1. The van der Waals surface area contributed by atoms with E-state index in [1.54, 1.807) is 5.38 Å². The number of aromatic nitrogens is 1. The SMILES string of the molecule is O=C(CNC(=O)Nc1nccs1)NNC(=O)Nc1cc(C(F)(F)F)ccc1Cl. The highest BCUT2D eigenvalue weighted by atomic mass is 35.5. The molecule has 9 nitrogen and oxygen atoms in total. The van der Waals surface area contributed by atoms with Crippen LogP contribution in [0.3, 0.4) is 0 Å². The minimum absolute atomic E-state index is 0.130. The second-order valence-electron chi connectivity index (χ2n) is 4.96. The normalized spacial score (nSPS) is 10.7. The molecular weight excluding hydrogens is 425 g/mol. The number of halogens is 4. The Hall–Kier alpha value is -3.06. The Labute approximate surface area is 164 Å². The topological polar surface area (TPSA) is 124 Å². The summed E-state index contributed by atoms with van der Waals surface area (Å²) in [6, 6.07) is 0.653. The molecule has 0 saturated heterocycles. The average Bonchev–Trinajstić information content (AvgIpc) is 3.12. The van der Waals surface area contributed by atoms with Crippen LogP contribution in [0.15, 0.2) is 29.8 Å². The van der Waals surface area contributed by atoms with Crippen molar-refractivity contribution < 1.29 is 27.6 Å². The fourth-order valence-corrected chi connectivity index (χ4v) is 2.40. The molecule has 0 saturated carbocycles. The second kappa shape index (κ2) is 9.23. The lowest BCUT2D eigenvalue weighted by atomic mass is 10.2. The molecule has 5 N–H and O–H groups in total. The van der Waals surface area contributed by atoms with Crippen LogP contribution in [0.25, 0.3) is 0 Å². The largest absolute Gasteiger partial charge is 0.416 e. The Balaban J connectivity index is 1.77. The summed E-state index contributed by atoms with van der Waals surface area (Å²) in [5.41, 5.74) is 2.56. The molecule has 0 fully saturated rings. The van der Waals surface area contributed by atoms with Crippen LogP contribution in [0, 0.1) is 0 Å². The Morgan fingerprint density at radius 3 is 2.50 bits per heavy atom. The maximum absolute atomic E-state index is 12.7. The Kier molecular flexibility index (Phi) is 7.00. The fraction of sp³-hybridized carbons (Fsp3) is 0.143. The Bertz CT molecular complexity index is 863. The van der Waals surface area contributed by atoms with Crippen molar-refractivity contribution in [1.82, 2.24) is 21.2 Å². The van der Waals surface area contributed by atoms with Gasteiger partial charge in [0.25, 0.3) is 5.91 Å². The van der Waals surface area contributed by atoms with Gasteiger partial charge in [0.15, 0.2) is 5.13 Å². The van der Waals surface area contributed by atoms with E-state index in [1.807, 2.05) is 10.9 Å². The number of rotatable bonds is 4. The highest BCUT2D eigenvalue weighted by Crippen LogP contribution is 2.33. The van der Waals surface area contributed by atoms with Crippen LogP contribution in [-0.4, -0.2) is 29.5 Å². The zero-order valence-electron chi connectivity index (χ0n) is 13.7. The van der Waals surface area contributed by atoms with Crippen LogP contribution in [0.5, 0.6) is 0 Å². The highest BCUT2D eigenvalue weighted by Gasteiger charge is 2.31. The Morgan fingerprint density at radius 2 is 1.86 bits per heavy atom. The number of urea groups is 2. The third-order valence-corrected chi connectivity index (χ3v) is 3.94. The quantitative estimate of drug-likeness (QED) is 0.473. The number of anilines is 2. The lowest BCUT2D eigenvalue weighted by Gasteiger charge is -2.13. The molecule has 5 amide bonds. The van der Waals surface area contributed by atoms with Crippen molar-refractivity contribution in [3.8, 4) is 0 Å². The maximum atomic E-state index is 12.7. The van der Waals surface area contributed by atoms with Gasteiger partial charge in [-0.3, -0.25) is 15.5 Å². The summed E-state index contributed by atoms with van der Waals surface area (Å²) in [5.74, 6) is -0.792. The van der Waals surface area contributed by atoms with E-state index in [-0.39, 0.29) is 10.7 Å². The number of amides is 5.